The van der Waals surface area contributed by atoms with E-state index in [2.05, 4.69) is 44.6 Å². The summed E-state index contributed by atoms with van der Waals surface area (Å²) in [6, 6.07) is 14.8. The number of aromatic nitrogens is 1. The molecule has 0 spiro atoms. The molecule has 2 unspecified atom stereocenters. The number of carbonyl (C=O) groups excluding carboxylic acids is 4. The molecule has 4 amide bonds. The van der Waals surface area contributed by atoms with Crippen LogP contribution < -0.4 is 30.5 Å². The first kappa shape index (κ1) is 43.7. The zero-order valence-corrected chi connectivity index (χ0v) is 35.4. The zero-order valence-electron chi connectivity index (χ0n) is 34.5. The standard InChI is InChI=1S/C43H50F3N9O5S/c1-25-22-52(23-26(2)53(25)24-38(57)50-29-10-6-9-28(17-29)49-34-12-14-37(56)51-39(34)58)15-16-60-36-13-11-30(18-32(36)27-7-5-8-27)55-41(61)54(40(59)42(55,3)4)31-19-33(43(44,45)46)35(20-47)48-21-31/h6,9-11,13,17-19,21,25-27,34,41,49,61H,5,7-8,12,14-16,22-24H2,1-4H3,(H,50,57)(H,51,56,58)/t25-,26+,34?,41?. The van der Waals surface area contributed by atoms with Crippen molar-refractivity contribution in [2.24, 2.45) is 0 Å². The lowest BCUT2D eigenvalue weighted by Gasteiger charge is -2.44. The van der Waals surface area contributed by atoms with E-state index in [9.17, 15) is 37.6 Å². The van der Waals surface area contributed by atoms with Gasteiger partial charge in [0.15, 0.2) is 11.2 Å². The van der Waals surface area contributed by atoms with Crippen molar-refractivity contribution in [2.45, 2.75) is 101 Å². The van der Waals surface area contributed by atoms with Gasteiger partial charge in [0.1, 0.15) is 30.0 Å². The molecular formula is C43H50F3N9O5S. The number of imide groups is 1. The lowest BCUT2D eigenvalue weighted by atomic mass is 9.79. The number of alkyl halides is 3. The van der Waals surface area contributed by atoms with Crippen molar-refractivity contribution in [2.75, 3.05) is 53.2 Å². The van der Waals surface area contributed by atoms with Crippen molar-refractivity contribution in [3.63, 3.8) is 0 Å². The van der Waals surface area contributed by atoms with Crippen molar-refractivity contribution in [1.29, 1.82) is 5.26 Å². The number of hydrogen-bond donors (Lipinski definition) is 4. The topological polar surface area (TPSA) is 163 Å². The molecule has 4 fully saturated rings. The number of nitriles is 1. The number of nitrogens with zero attached hydrogens (tertiary/aromatic N) is 6. The monoisotopic (exact) mass is 861 g/mol. The maximum Gasteiger partial charge on any atom is 0.419 e. The number of rotatable bonds is 12. The third kappa shape index (κ3) is 9.29. The van der Waals surface area contributed by atoms with Crippen molar-refractivity contribution in [3.8, 4) is 11.8 Å². The van der Waals surface area contributed by atoms with Crippen molar-refractivity contribution in [1.82, 2.24) is 20.1 Å². The van der Waals surface area contributed by atoms with E-state index < -0.39 is 40.4 Å². The first-order chi connectivity index (χ1) is 28.9. The molecule has 0 bridgehead atoms. The minimum absolute atomic E-state index is 0.0835. The van der Waals surface area contributed by atoms with Gasteiger partial charge in [0.05, 0.1) is 24.0 Å². The van der Waals surface area contributed by atoms with E-state index in [1.807, 2.05) is 18.2 Å². The van der Waals surface area contributed by atoms with Crippen LogP contribution in [-0.2, 0) is 25.4 Å². The summed E-state index contributed by atoms with van der Waals surface area (Å²) in [4.78, 5) is 62.0. The van der Waals surface area contributed by atoms with Crippen LogP contribution in [-0.4, -0.2) is 100 Å². The molecule has 2 aromatic carbocycles. The van der Waals surface area contributed by atoms with Gasteiger partial charge in [-0.05, 0) is 101 Å². The number of ether oxygens (including phenoxy) is 1. The van der Waals surface area contributed by atoms with Crippen molar-refractivity contribution in [3.05, 3.63) is 71.5 Å². The van der Waals surface area contributed by atoms with Gasteiger partial charge in [0.25, 0.3) is 5.91 Å². The third-order valence-electron chi connectivity index (χ3n) is 12.1. The molecular weight excluding hydrogens is 812 g/mol. The van der Waals surface area contributed by atoms with Crippen molar-refractivity contribution >= 4 is 59.0 Å². The van der Waals surface area contributed by atoms with Crippen LogP contribution in [0.5, 0.6) is 5.75 Å². The second-order valence-electron chi connectivity index (χ2n) is 16.8. The second kappa shape index (κ2) is 17.5. The summed E-state index contributed by atoms with van der Waals surface area (Å²) < 4.78 is 48.0. The van der Waals surface area contributed by atoms with Crippen LogP contribution in [0, 0.1) is 11.3 Å². The Morgan fingerprint density at radius 3 is 2.41 bits per heavy atom. The van der Waals surface area contributed by atoms with Crippen molar-refractivity contribution < 1.29 is 37.1 Å². The van der Waals surface area contributed by atoms with E-state index in [1.54, 1.807) is 43.0 Å². The Balaban J connectivity index is 0.958. The van der Waals surface area contributed by atoms with Crippen LogP contribution in [0.3, 0.4) is 0 Å². The summed E-state index contributed by atoms with van der Waals surface area (Å²) in [7, 11) is 0. The number of halogens is 3. The summed E-state index contributed by atoms with van der Waals surface area (Å²) in [5.41, 5.74) is -1.31. The molecule has 4 aliphatic rings. The molecule has 4 heterocycles. The maximum atomic E-state index is 13.8. The molecule has 1 aliphatic carbocycles. The smallest absolute Gasteiger partial charge is 0.419 e. The molecule has 4 atom stereocenters. The zero-order chi connectivity index (χ0) is 43.8. The summed E-state index contributed by atoms with van der Waals surface area (Å²) in [6.07, 6.45) is -0.0581. The summed E-state index contributed by atoms with van der Waals surface area (Å²) in [5, 5.41) is 17.7. The maximum absolute atomic E-state index is 13.8. The summed E-state index contributed by atoms with van der Waals surface area (Å²) >= 11 is 4.76. The predicted octanol–water partition coefficient (Wildman–Crippen LogP) is 5.71. The van der Waals surface area contributed by atoms with Gasteiger partial charge in [-0.25, -0.2) is 4.98 Å². The Morgan fingerprint density at radius 2 is 1.75 bits per heavy atom. The van der Waals surface area contributed by atoms with Gasteiger partial charge >= 0.3 is 6.18 Å². The second-order valence-corrected chi connectivity index (χ2v) is 17.2. The average Bonchev–Trinajstić information content (AvgIpc) is 3.35. The number of nitrogens with one attached hydrogen (secondary N) is 3. The van der Waals surface area contributed by atoms with Gasteiger partial charge in [-0.2, -0.15) is 18.4 Å². The quantitative estimate of drug-likeness (QED) is 0.130. The number of anilines is 4. The molecule has 3 aromatic rings. The van der Waals surface area contributed by atoms with Gasteiger partial charge in [0, 0.05) is 55.2 Å². The fraction of sp³-hybridized carbons (Fsp3) is 0.488. The highest BCUT2D eigenvalue weighted by Crippen LogP contribution is 2.46. The minimum Gasteiger partial charge on any atom is -0.492 e. The predicted molar refractivity (Wildman–Crippen MR) is 226 cm³/mol. The number of piperazine rings is 1. The van der Waals surface area contributed by atoms with Crippen LogP contribution in [0.15, 0.2) is 54.7 Å². The van der Waals surface area contributed by atoms with Gasteiger partial charge in [-0.3, -0.25) is 39.2 Å². The number of benzene rings is 2. The molecule has 1 aromatic heterocycles. The number of piperidine rings is 1. The van der Waals surface area contributed by atoms with Gasteiger partial charge in [-0.1, -0.05) is 12.5 Å². The molecule has 7 rings (SSSR count). The van der Waals surface area contributed by atoms with E-state index in [-0.39, 0.29) is 54.4 Å². The highest BCUT2D eigenvalue weighted by atomic mass is 32.1. The molecule has 3 saturated heterocycles. The van der Waals surface area contributed by atoms with Gasteiger partial charge < -0.3 is 20.3 Å². The minimum atomic E-state index is -4.84. The molecule has 61 heavy (non-hydrogen) atoms. The molecule has 18 heteroatoms. The lowest BCUT2D eigenvalue weighted by molar-refractivity contribution is -0.138. The number of carbonyl (C=O) groups is 4. The fourth-order valence-electron chi connectivity index (χ4n) is 8.69. The van der Waals surface area contributed by atoms with Gasteiger partial charge in [0.2, 0.25) is 17.7 Å². The van der Waals surface area contributed by atoms with Crippen LogP contribution in [0.1, 0.15) is 82.5 Å². The normalized spacial score (nSPS) is 23.6. The van der Waals surface area contributed by atoms with Crippen LogP contribution in [0.25, 0.3) is 0 Å². The fourth-order valence-corrected chi connectivity index (χ4v) is 9.35. The SMILES string of the molecule is C[C@@H]1CN(CCOc2ccc(N3C(S)N(c4cnc(C#N)c(C(F)(F)F)c4)C(=O)C3(C)C)cc2C2CCC2)C[C@H](C)N1CC(=O)Nc1cccc(NC2CCC(=O)NC2=O)c1. The lowest BCUT2D eigenvalue weighted by Crippen LogP contribution is -2.58. The van der Waals surface area contributed by atoms with E-state index >= 15 is 0 Å². The molecule has 3 aliphatic heterocycles. The number of hydrogen-bond acceptors (Lipinski definition) is 12. The largest absolute Gasteiger partial charge is 0.492 e. The number of pyridine rings is 1. The molecule has 0 radical (unpaired) electrons. The first-order valence-corrected chi connectivity index (χ1v) is 21.0. The Morgan fingerprint density at radius 1 is 1.03 bits per heavy atom. The first-order valence-electron chi connectivity index (χ1n) is 20.5. The Labute approximate surface area is 358 Å². The molecule has 1 saturated carbocycles. The Kier molecular flexibility index (Phi) is 12.6. The van der Waals surface area contributed by atoms with E-state index in [0.29, 0.717) is 36.6 Å². The Bertz CT molecular complexity index is 2220. The Hall–Kier alpha value is -5.38. The highest BCUT2D eigenvalue weighted by Gasteiger charge is 2.52. The number of thiol groups is 1. The average molecular weight is 862 g/mol. The molecule has 14 nitrogen and oxygen atoms in total. The van der Waals surface area contributed by atoms with E-state index in [4.69, 9.17) is 17.4 Å². The van der Waals surface area contributed by atoms with Gasteiger partial charge in [-0.15, -0.1) is 12.6 Å². The van der Waals surface area contributed by atoms with Crippen LogP contribution in [0.2, 0.25) is 0 Å². The summed E-state index contributed by atoms with van der Waals surface area (Å²) in [6.45, 7) is 10.4. The van der Waals surface area contributed by atoms with Crippen LogP contribution >= 0.6 is 12.6 Å². The molecule has 3 N–H and O–H groups in total. The number of amides is 4. The molecule has 324 valence electrons. The highest BCUT2D eigenvalue weighted by molar-refractivity contribution is 7.81. The van der Waals surface area contributed by atoms with E-state index in [1.165, 1.54) is 11.0 Å². The third-order valence-corrected chi connectivity index (χ3v) is 12.5. The summed E-state index contributed by atoms with van der Waals surface area (Å²) in [5.74, 6) is -0.276. The van der Waals surface area contributed by atoms with Crippen LogP contribution in [0.4, 0.5) is 35.9 Å². The van der Waals surface area contributed by atoms with E-state index in [0.717, 1.165) is 55.9 Å².